The van der Waals surface area contributed by atoms with Gasteiger partial charge in [0.1, 0.15) is 0 Å². The monoisotopic (exact) mass is 295 g/mol. The Hall–Kier alpha value is -1.33. The zero-order chi connectivity index (χ0) is 13.2. The Bertz CT molecular complexity index is 607. The lowest BCUT2D eigenvalue weighted by Gasteiger charge is -2.14. The molecule has 0 aliphatic carbocycles. The van der Waals surface area contributed by atoms with Gasteiger partial charge in [-0.1, -0.05) is 22.9 Å². The molecule has 1 fully saturated rings. The molecule has 1 aliphatic rings. The Morgan fingerprint density at radius 2 is 2.21 bits per heavy atom. The van der Waals surface area contributed by atoms with Gasteiger partial charge in [-0.3, -0.25) is 4.79 Å². The van der Waals surface area contributed by atoms with Gasteiger partial charge in [0.15, 0.2) is 5.13 Å². The molecule has 0 bridgehead atoms. The van der Waals surface area contributed by atoms with Crippen molar-refractivity contribution in [2.45, 2.75) is 12.8 Å². The van der Waals surface area contributed by atoms with Crippen molar-refractivity contribution in [2.24, 2.45) is 0 Å². The zero-order valence-corrected chi connectivity index (χ0v) is 11.9. The fourth-order valence-corrected chi connectivity index (χ4v) is 3.21. The maximum Gasteiger partial charge on any atom is 0.241 e. The van der Waals surface area contributed by atoms with E-state index in [4.69, 9.17) is 11.6 Å². The molecule has 1 aromatic heterocycles. The Morgan fingerprint density at radius 1 is 1.42 bits per heavy atom. The molecule has 0 atom stereocenters. The molecule has 0 radical (unpaired) electrons. The van der Waals surface area contributed by atoms with E-state index in [0.29, 0.717) is 11.6 Å². The van der Waals surface area contributed by atoms with Crippen LogP contribution in [0.5, 0.6) is 0 Å². The molecule has 4 nitrogen and oxygen atoms in total. The van der Waals surface area contributed by atoms with E-state index >= 15 is 0 Å². The summed E-state index contributed by atoms with van der Waals surface area (Å²) in [5, 5.41) is 4.55. The zero-order valence-electron chi connectivity index (χ0n) is 10.4. The quantitative estimate of drug-likeness (QED) is 0.947. The molecule has 2 heterocycles. The number of anilines is 1. The van der Waals surface area contributed by atoms with Crippen molar-refractivity contribution < 1.29 is 4.79 Å². The number of carbonyl (C=O) groups excluding carboxylic acids is 1. The molecule has 0 saturated carbocycles. The van der Waals surface area contributed by atoms with Crippen LogP contribution in [-0.4, -0.2) is 35.4 Å². The third-order valence-corrected chi connectivity index (χ3v) is 4.43. The van der Waals surface area contributed by atoms with Crippen LogP contribution in [0.25, 0.3) is 10.2 Å². The second-order valence-corrected chi connectivity index (χ2v) is 6.04. The third-order valence-electron chi connectivity index (χ3n) is 3.20. The van der Waals surface area contributed by atoms with E-state index < -0.39 is 0 Å². The first-order valence-electron chi connectivity index (χ1n) is 6.30. The Balaban J connectivity index is 1.66. The van der Waals surface area contributed by atoms with Crippen LogP contribution in [0.4, 0.5) is 5.13 Å². The van der Waals surface area contributed by atoms with Gasteiger partial charge < -0.3 is 10.2 Å². The van der Waals surface area contributed by atoms with Gasteiger partial charge in [0.2, 0.25) is 5.91 Å². The van der Waals surface area contributed by atoms with E-state index in [2.05, 4.69) is 10.3 Å². The summed E-state index contributed by atoms with van der Waals surface area (Å²) in [7, 11) is 0. The highest BCUT2D eigenvalue weighted by atomic mass is 35.5. The minimum absolute atomic E-state index is 0.148. The summed E-state index contributed by atoms with van der Waals surface area (Å²) in [4.78, 5) is 18.2. The maximum absolute atomic E-state index is 11.9. The highest BCUT2D eigenvalue weighted by Crippen LogP contribution is 2.27. The lowest BCUT2D eigenvalue weighted by Crippen LogP contribution is -2.32. The van der Waals surface area contributed by atoms with Crippen molar-refractivity contribution >= 4 is 44.2 Å². The van der Waals surface area contributed by atoms with Crippen LogP contribution in [0.2, 0.25) is 5.02 Å². The molecule has 1 amide bonds. The number of thiazole rings is 1. The number of amides is 1. The SMILES string of the molecule is O=C(CNc1nc2cc(Cl)ccc2s1)N1CCCC1. The molecule has 2 aromatic rings. The molecule has 3 rings (SSSR count). The van der Waals surface area contributed by atoms with Crippen LogP contribution in [0.3, 0.4) is 0 Å². The first kappa shape index (κ1) is 12.7. The number of aromatic nitrogens is 1. The molecule has 1 saturated heterocycles. The van der Waals surface area contributed by atoms with Gasteiger partial charge in [0.25, 0.3) is 0 Å². The molecule has 1 aromatic carbocycles. The van der Waals surface area contributed by atoms with Crippen molar-refractivity contribution in [1.29, 1.82) is 0 Å². The van der Waals surface area contributed by atoms with E-state index in [9.17, 15) is 4.79 Å². The van der Waals surface area contributed by atoms with Crippen LogP contribution >= 0.6 is 22.9 Å². The average Bonchev–Trinajstić information content (AvgIpc) is 3.04. The summed E-state index contributed by atoms with van der Waals surface area (Å²) in [5.74, 6) is 0.148. The minimum atomic E-state index is 0.148. The maximum atomic E-state index is 11.9. The molecule has 0 spiro atoms. The van der Waals surface area contributed by atoms with Crippen molar-refractivity contribution in [3.63, 3.8) is 0 Å². The molecular formula is C13H14ClN3OS. The van der Waals surface area contributed by atoms with Crippen LogP contribution in [0.15, 0.2) is 18.2 Å². The van der Waals surface area contributed by atoms with Gasteiger partial charge in [0.05, 0.1) is 16.8 Å². The van der Waals surface area contributed by atoms with Gasteiger partial charge in [0, 0.05) is 18.1 Å². The van der Waals surface area contributed by atoms with Gasteiger partial charge in [-0.25, -0.2) is 4.98 Å². The summed E-state index contributed by atoms with van der Waals surface area (Å²) in [6, 6.07) is 5.63. The number of carbonyl (C=O) groups is 1. The van der Waals surface area contributed by atoms with Gasteiger partial charge in [-0.05, 0) is 31.0 Å². The molecule has 19 heavy (non-hydrogen) atoms. The van der Waals surface area contributed by atoms with Crippen LogP contribution < -0.4 is 5.32 Å². The number of fused-ring (bicyclic) bond motifs is 1. The number of nitrogens with one attached hydrogen (secondary N) is 1. The second kappa shape index (κ2) is 5.35. The molecular weight excluding hydrogens is 282 g/mol. The van der Waals surface area contributed by atoms with E-state index in [1.807, 2.05) is 23.1 Å². The lowest BCUT2D eigenvalue weighted by atomic mass is 10.3. The lowest BCUT2D eigenvalue weighted by molar-refractivity contribution is -0.128. The summed E-state index contributed by atoms with van der Waals surface area (Å²) in [6.45, 7) is 2.08. The molecule has 6 heteroatoms. The summed E-state index contributed by atoms with van der Waals surface area (Å²) in [5.41, 5.74) is 0.869. The first-order chi connectivity index (χ1) is 9.22. The van der Waals surface area contributed by atoms with Crippen molar-refractivity contribution in [3.8, 4) is 0 Å². The van der Waals surface area contributed by atoms with E-state index in [-0.39, 0.29) is 5.91 Å². The summed E-state index contributed by atoms with van der Waals surface area (Å²) in [6.07, 6.45) is 2.23. The van der Waals surface area contributed by atoms with Crippen molar-refractivity contribution in [2.75, 3.05) is 25.0 Å². The van der Waals surface area contributed by atoms with Gasteiger partial charge in [-0.2, -0.15) is 0 Å². The van der Waals surface area contributed by atoms with Crippen LogP contribution in [0.1, 0.15) is 12.8 Å². The number of hydrogen-bond acceptors (Lipinski definition) is 4. The smallest absolute Gasteiger partial charge is 0.241 e. The van der Waals surface area contributed by atoms with Crippen LogP contribution in [0, 0.1) is 0 Å². The highest BCUT2D eigenvalue weighted by molar-refractivity contribution is 7.22. The average molecular weight is 296 g/mol. The summed E-state index contributed by atoms with van der Waals surface area (Å²) >= 11 is 7.46. The number of likely N-dealkylation sites (tertiary alicyclic amines) is 1. The normalized spacial score (nSPS) is 15.1. The summed E-state index contributed by atoms with van der Waals surface area (Å²) < 4.78 is 1.07. The minimum Gasteiger partial charge on any atom is -0.352 e. The fraction of sp³-hybridized carbons (Fsp3) is 0.385. The van der Waals surface area contributed by atoms with E-state index in [1.54, 1.807) is 0 Å². The van der Waals surface area contributed by atoms with Gasteiger partial charge >= 0.3 is 0 Å². The number of halogens is 1. The predicted molar refractivity (Wildman–Crippen MR) is 78.9 cm³/mol. The molecule has 1 aliphatic heterocycles. The molecule has 100 valence electrons. The Morgan fingerprint density at radius 3 is 3.00 bits per heavy atom. The largest absolute Gasteiger partial charge is 0.352 e. The first-order valence-corrected chi connectivity index (χ1v) is 7.49. The number of hydrogen-bond donors (Lipinski definition) is 1. The fourth-order valence-electron chi connectivity index (χ4n) is 2.21. The number of benzene rings is 1. The molecule has 0 unspecified atom stereocenters. The Labute approximate surface area is 120 Å². The van der Waals surface area contributed by atoms with Crippen LogP contribution in [-0.2, 0) is 4.79 Å². The number of rotatable bonds is 3. The standard InChI is InChI=1S/C13H14ClN3OS/c14-9-3-4-11-10(7-9)16-13(19-11)15-8-12(18)17-5-1-2-6-17/h3-4,7H,1-2,5-6,8H2,(H,15,16). The van der Waals surface area contributed by atoms with Crippen molar-refractivity contribution in [1.82, 2.24) is 9.88 Å². The highest BCUT2D eigenvalue weighted by Gasteiger charge is 2.17. The number of nitrogens with zero attached hydrogens (tertiary/aromatic N) is 2. The van der Waals surface area contributed by atoms with E-state index in [0.717, 1.165) is 41.3 Å². The topological polar surface area (TPSA) is 45.2 Å². The predicted octanol–water partition coefficient (Wildman–Crippen LogP) is 2.98. The van der Waals surface area contributed by atoms with E-state index in [1.165, 1.54) is 11.3 Å². The van der Waals surface area contributed by atoms with Crippen molar-refractivity contribution in [3.05, 3.63) is 23.2 Å². The Kier molecular flexibility index (Phi) is 3.57. The second-order valence-electron chi connectivity index (χ2n) is 4.57. The molecule has 1 N–H and O–H groups in total. The van der Waals surface area contributed by atoms with Gasteiger partial charge in [-0.15, -0.1) is 0 Å². The third kappa shape index (κ3) is 2.82.